The fraction of sp³-hybridized carbons (Fsp3) is 0.267. The van der Waals surface area contributed by atoms with Crippen LogP contribution in [0.1, 0.15) is 60.2 Å². The number of benzene rings is 3. The van der Waals surface area contributed by atoms with Crippen LogP contribution in [0, 0.1) is 20.8 Å². The lowest BCUT2D eigenvalue weighted by Crippen LogP contribution is -2.29. The number of carbonyl (C=O) groups excluding carboxylic acids is 2. The molecule has 34 heavy (non-hydrogen) atoms. The smallest absolute Gasteiger partial charge is 0.300 e. The molecule has 3 aromatic carbocycles. The second kappa shape index (κ2) is 8.60. The van der Waals surface area contributed by atoms with Crippen LogP contribution in [0.5, 0.6) is 0 Å². The van der Waals surface area contributed by atoms with Crippen LogP contribution in [0.15, 0.2) is 72.3 Å². The monoisotopic (exact) mass is 453 g/mol. The molecule has 1 amide bonds. The maximum atomic E-state index is 13.4. The number of anilines is 1. The number of amides is 1. The van der Waals surface area contributed by atoms with Gasteiger partial charge >= 0.3 is 0 Å². The molecule has 0 spiro atoms. The minimum absolute atomic E-state index is 0.117. The fourth-order valence-corrected chi connectivity index (χ4v) is 4.52. The molecule has 0 aliphatic carbocycles. The highest BCUT2D eigenvalue weighted by molar-refractivity contribution is 6.51. The Labute approximate surface area is 201 Å². The molecule has 0 radical (unpaired) electrons. The molecule has 0 bridgehead atoms. The second-order valence-corrected chi connectivity index (χ2v) is 10.2. The molecule has 4 rings (SSSR count). The molecule has 1 N–H and O–H groups in total. The maximum absolute atomic E-state index is 13.4. The van der Waals surface area contributed by atoms with Gasteiger partial charge in [0.15, 0.2) is 0 Å². The van der Waals surface area contributed by atoms with Crippen molar-refractivity contribution in [1.29, 1.82) is 0 Å². The first kappa shape index (κ1) is 23.5. The summed E-state index contributed by atoms with van der Waals surface area (Å²) in [5, 5.41) is 11.6. The van der Waals surface area contributed by atoms with E-state index in [9.17, 15) is 14.7 Å². The lowest BCUT2D eigenvalue weighted by molar-refractivity contribution is -0.132. The van der Waals surface area contributed by atoms with Gasteiger partial charge in [-0.25, -0.2) is 0 Å². The van der Waals surface area contributed by atoms with Crippen molar-refractivity contribution < 1.29 is 14.7 Å². The summed E-state index contributed by atoms with van der Waals surface area (Å²) in [5.74, 6) is -1.45. The van der Waals surface area contributed by atoms with Crippen LogP contribution in [-0.4, -0.2) is 16.8 Å². The highest BCUT2D eigenvalue weighted by Crippen LogP contribution is 2.43. The number of hydrogen-bond donors (Lipinski definition) is 1. The SMILES string of the molecule is Cc1cccc(C2/C(=C(\O)c3cc(C(C)(C)C)ccc3C)C(=O)C(=O)N2c2cccc(C)c2)c1. The molecular formula is C30H31NO3. The highest BCUT2D eigenvalue weighted by atomic mass is 16.3. The second-order valence-electron chi connectivity index (χ2n) is 10.2. The first-order valence-corrected chi connectivity index (χ1v) is 11.5. The number of aliphatic hydroxyl groups is 1. The van der Waals surface area contributed by atoms with Gasteiger partial charge in [-0.2, -0.15) is 0 Å². The summed E-state index contributed by atoms with van der Waals surface area (Å²) in [6, 6.07) is 20.5. The minimum Gasteiger partial charge on any atom is -0.507 e. The topological polar surface area (TPSA) is 57.6 Å². The van der Waals surface area contributed by atoms with Crippen molar-refractivity contribution in [2.45, 2.75) is 53.0 Å². The molecule has 1 saturated heterocycles. The largest absolute Gasteiger partial charge is 0.507 e. The van der Waals surface area contributed by atoms with E-state index in [1.54, 1.807) is 0 Å². The number of hydrogen-bond acceptors (Lipinski definition) is 3. The predicted molar refractivity (Wildman–Crippen MR) is 137 cm³/mol. The van der Waals surface area contributed by atoms with Gasteiger partial charge in [0, 0.05) is 11.3 Å². The Balaban J connectivity index is 2.00. The average molecular weight is 454 g/mol. The third kappa shape index (κ3) is 4.16. The molecule has 1 fully saturated rings. The average Bonchev–Trinajstić information content (AvgIpc) is 3.03. The quantitative estimate of drug-likeness (QED) is 0.278. The van der Waals surface area contributed by atoms with Crippen LogP contribution in [0.3, 0.4) is 0 Å². The van der Waals surface area contributed by atoms with Crippen molar-refractivity contribution in [3.8, 4) is 0 Å². The van der Waals surface area contributed by atoms with E-state index >= 15 is 0 Å². The van der Waals surface area contributed by atoms with Gasteiger partial charge in [-0.3, -0.25) is 14.5 Å². The number of Topliss-reactive ketones (excluding diaryl/α,β-unsaturated/α-hetero) is 1. The van der Waals surface area contributed by atoms with Gasteiger partial charge in [0.05, 0.1) is 11.6 Å². The molecule has 0 aromatic heterocycles. The predicted octanol–water partition coefficient (Wildman–Crippen LogP) is 6.54. The normalized spacial score (nSPS) is 17.9. The van der Waals surface area contributed by atoms with E-state index in [4.69, 9.17) is 0 Å². The van der Waals surface area contributed by atoms with Crippen LogP contribution < -0.4 is 4.90 Å². The Bertz CT molecular complexity index is 1330. The van der Waals surface area contributed by atoms with Gasteiger partial charge in [0.2, 0.25) is 0 Å². The number of aliphatic hydroxyl groups excluding tert-OH is 1. The molecule has 1 unspecified atom stereocenters. The molecule has 3 aromatic rings. The van der Waals surface area contributed by atoms with Gasteiger partial charge in [-0.1, -0.05) is 74.9 Å². The van der Waals surface area contributed by atoms with Gasteiger partial charge < -0.3 is 5.11 Å². The third-order valence-corrected chi connectivity index (χ3v) is 6.44. The van der Waals surface area contributed by atoms with Crippen molar-refractivity contribution in [1.82, 2.24) is 0 Å². The van der Waals surface area contributed by atoms with Crippen molar-refractivity contribution in [2.24, 2.45) is 0 Å². The van der Waals surface area contributed by atoms with Gasteiger partial charge in [-0.05, 0) is 66.6 Å². The third-order valence-electron chi connectivity index (χ3n) is 6.44. The van der Waals surface area contributed by atoms with E-state index < -0.39 is 17.7 Å². The number of carbonyl (C=O) groups is 2. The Kier molecular flexibility index (Phi) is 5.94. The molecule has 1 aliphatic rings. The Morgan fingerprint density at radius 2 is 1.50 bits per heavy atom. The van der Waals surface area contributed by atoms with Crippen LogP contribution in [0.25, 0.3) is 5.76 Å². The van der Waals surface area contributed by atoms with Crippen LogP contribution in [-0.2, 0) is 15.0 Å². The van der Waals surface area contributed by atoms with E-state index in [0.717, 1.165) is 27.8 Å². The summed E-state index contributed by atoms with van der Waals surface area (Å²) >= 11 is 0. The number of nitrogens with zero attached hydrogens (tertiary/aromatic N) is 1. The summed E-state index contributed by atoms with van der Waals surface area (Å²) in [6.07, 6.45) is 0. The zero-order valence-electron chi connectivity index (χ0n) is 20.6. The van der Waals surface area contributed by atoms with Crippen molar-refractivity contribution in [3.05, 3.63) is 106 Å². The van der Waals surface area contributed by atoms with Crippen molar-refractivity contribution in [3.63, 3.8) is 0 Å². The summed E-state index contributed by atoms with van der Waals surface area (Å²) in [4.78, 5) is 28.3. The van der Waals surface area contributed by atoms with Gasteiger partial charge in [-0.15, -0.1) is 0 Å². The van der Waals surface area contributed by atoms with E-state index in [0.29, 0.717) is 11.3 Å². The first-order chi connectivity index (χ1) is 16.0. The molecule has 1 aliphatic heterocycles. The van der Waals surface area contributed by atoms with Crippen LogP contribution in [0.4, 0.5) is 5.69 Å². The standard InChI is InChI=1S/C30H31NO3/c1-18-9-7-11-21(15-18)26-25(27(32)24-17-22(30(4,5)6)14-13-20(24)3)28(33)29(34)31(26)23-12-8-10-19(2)16-23/h7-17,26,32H,1-6H3/b27-25+. The molecule has 0 saturated carbocycles. The lowest BCUT2D eigenvalue weighted by Gasteiger charge is -2.26. The van der Waals surface area contributed by atoms with Gasteiger partial charge in [0.1, 0.15) is 5.76 Å². The van der Waals surface area contributed by atoms with E-state index in [-0.39, 0.29) is 16.7 Å². The van der Waals surface area contributed by atoms with Crippen molar-refractivity contribution in [2.75, 3.05) is 4.90 Å². The molecular weight excluding hydrogens is 422 g/mol. The lowest BCUT2D eigenvalue weighted by atomic mass is 9.84. The maximum Gasteiger partial charge on any atom is 0.300 e. The Morgan fingerprint density at radius 3 is 2.12 bits per heavy atom. The summed E-state index contributed by atoms with van der Waals surface area (Å²) in [5.41, 5.74) is 5.86. The van der Waals surface area contributed by atoms with E-state index in [1.165, 1.54) is 4.90 Å². The number of ketones is 1. The molecule has 4 heteroatoms. The van der Waals surface area contributed by atoms with Crippen LogP contribution >= 0.6 is 0 Å². The van der Waals surface area contributed by atoms with E-state index in [1.807, 2.05) is 87.5 Å². The molecule has 174 valence electrons. The Hall–Kier alpha value is -3.66. The summed E-state index contributed by atoms with van der Waals surface area (Å²) in [7, 11) is 0. The summed E-state index contributed by atoms with van der Waals surface area (Å²) < 4.78 is 0. The highest BCUT2D eigenvalue weighted by Gasteiger charge is 2.47. The zero-order valence-corrected chi connectivity index (χ0v) is 20.6. The molecule has 4 nitrogen and oxygen atoms in total. The molecule has 1 atom stereocenters. The van der Waals surface area contributed by atoms with E-state index in [2.05, 4.69) is 20.8 Å². The fourth-order valence-electron chi connectivity index (χ4n) is 4.52. The molecule has 1 heterocycles. The van der Waals surface area contributed by atoms with Gasteiger partial charge in [0.25, 0.3) is 11.7 Å². The minimum atomic E-state index is -0.723. The number of rotatable bonds is 3. The van der Waals surface area contributed by atoms with Crippen molar-refractivity contribution >= 4 is 23.1 Å². The van der Waals surface area contributed by atoms with Crippen LogP contribution in [0.2, 0.25) is 0 Å². The first-order valence-electron chi connectivity index (χ1n) is 11.5. The Morgan fingerprint density at radius 1 is 0.853 bits per heavy atom. The number of aryl methyl sites for hydroxylation is 3. The zero-order chi connectivity index (χ0) is 24.8. The summed E-state index contributed by atoms with van der Waals surface area (Å²) in [6.45, 7) is 12.1.